The molecule has 1 aliphatic heterocycles. The fourth-order valence-corrected chi connectivity index (χ4v) is 3.78. The molecule has 0 saturated carbocycles. The molecule has 160 valence electrons. The maximum atomic E-state index is 12.8. The largest absolute Gasteiger partial charge is 0.471 e. The van der Waals surface area contributed by atoms with Gasteiger partial charge < -0.3 is 10.2 Å². The molecule has 1 atom stereocenters. The van der Waals surface area contributed by atoms with Gasteiger partial charge in [-0.05, 0) is 48.1 Å². The minimum Gasteiger partial charge on any atom is -0.380 e. The van der Waals surface area contributed by atoms with Crippen LogP contribution in [-0.4, -0.2) is 30.1 Å². The molecule has 5 nitrogen and oxygen atoms in total. The summed E-state index contributed by atoms with van der Waals surface area (Å²) in [5.74, 6) is -1.81. The second kappa shape index (κ2) is 9.04. The number of rotatable bonds is 5. The Morgan fingerprint density at radius 2 is 1.83 bits per heavy atom. The standard InChI is InChI=1S/C21H21ClF3N3O2/c1-13(27-30)15-4-2-14(3-5-15)12-26-19-17-9-11-28(20(29)21(23,24)25)10-8-16(17)6-7-18(19)22/h2-7,13,26H,8-12H2,1H3. The van der Waals surface area contributed by atoms with Gasteiger partial charge in [-0.1, -0.05) is 47.1 Å². The maximum absolute atomic E-state index is 12.8. The lowest BCUT2D eigenvalue weighted by Gasteiger charge is -2.21. The zero-order valence-electron chi connectivity index (χ0n) is 16.3. The molecule has 0 saturated heterocycles. The molecule has 2 aromatic rings. The summed E-state index contributed by atoms with van der Waals surface area (Å²) < 4.78 is 38.4. The normalized spacial score (nSPS) is 15.2. The molecule has 1 unspecified atom stereocenters. The first kappa shape index (κ1) is 22.1. The van der Waals surface area contributed by atoms with Crippen LogP contribution in [0.5, 0.6) is 0 Å². The van der Waals surface area contributed by atoms with E-state index in [1.54, 1.807) is 19.1 Å². The van der Waals surface area contributed by atoms with Crippen LogP contribution in [0.25, 0.3) is 0 Å². The summed E-state index contributed by atoms with van der Waals surface area (Å²) in [7, 11) is 0. The zero-order chi connectivity index (χ0) is 21.9. The topological polar surface area (TPSA) is 61.8 Å². The van der Waals surface area contributed by atoms with E-state index in [-0.39, 0.29) is 19.5 Å². The van der Waals surface area contributed by atoms with Crippen molar-refractivity contribution in [3.63, 3.8) is 0 Å². The predicted octanol–water partition coefficient (Wildman–Crippen LogP) is 5.27. The number of nitrogens with one attached hydrogen (secondary N) is 1. The van der Waals surface area contributed by atoms with Gasteiger partial charge in [-0.3, -0.25) is 4.79 Å². The summed E-state index contributed by atoms with van der Waals surface area (Å²) in [6, 6.07) is 10.5. The second-order valence-electron chi connectivity index (χ2n) is 7.23. The SMILES string of the molecule is CC(N=O)c1ccc(CNc2c(Cl)ccc3c2CCN(C(=O)C(F)(F)F)CC3)cc1. The lowest BCUT2D eigenvalue weighted by atomic mass is 10.0. The number of benzene rings is 2. The van der Waals surface area contributed by atoms with Gasteiger partial charge >= 0.3 is 12.1 Å². The number of nitrogens with zero attached hydrogens (tertiary/aromatic N) is 2. The van der Waals surface area contributed by atoms with Crippen LogP contribution in [0, 0.1) is 4.91 Å². The van der Waals surface area contributed by atoms with Crippen LogP contribution in [0.3, 0.4) is 0 Å². The Kier molecular flexibility index (Phi) is 6.65. The first-order chi connectivity index (χ1) is 14.2. The second-order valence-corrected chi connectivity index (χ2v) is 7.63. The van der Waals surface area contributed by atoms with Gasteiger partial charge in [0.2, 0.25) is 0 Å². The van der Waals surface area contributed by atoms with Gasteiger partial charge in [0.05, 0.1) is 10.7 Å². The van der Waals surface area contributed by atoms with E-state index in [1.807, 2.05) is 24.3 Å². The molecule has 0 bridgehead atoms. The monoisotopic (exact) mass is 439 g/mol. The minimum absolute atomic E-state index is 0.0107. The van der Waals surface area contributed by atoms with Crippen molar-refractivity contribution in [2.24, 2.45) is 5.18 Å². The van der Waals surface area contributed by atoms with Crippen molar-refractivity contribution in [1.82, 2.24) is 4.90 Å². The van der Waals surface area contributed by atoms with Crippen molar-refractivity contribution in [3.8, 4) is 0 Å². The Labute approximate surface area is 177 Å². The number of carbonyl (C=O) groups is 1. The first-order valence-corrected chi connectivity index (χ1v) is 9.90. The molecule has 30 heavy (non-hydrogen) atoms. The highest BCUT2D eigenvalue weighted by Gasteiger charge is 2.42. The third-order valence-electron chi connectivity index (χ3n) is 5.26. The molecule has 0 aliphatic carbocycles. The Morgan fingerprint density at radius 3 is 2.47 bits per heavy atom. The Hall–Kier alpha value is -2.61. The van der Waals surface area contributed by atoms with E-state index >= 15 is 0 Å². The highest BCUT2D eigenvalue weighted by molar-refractivity contribution is 6.33. The quantitative estimate of drug-likeness (QED) is 0.645. The summed E-state index contributed by atoms with van der Waals surface area (Å²) in [4.78, 5) is 23.1. The van der Waals surface area contributed by atoms with Crippen molar-refractivity contribution < 1.29 is 18.0 Å². The smallest absolute Gasteiger partial charge is 0.380 e. The van der Waals surface area contributed by atoms with Gasteiger partial charge in [0, 0.05) is 19.6 Å². The molecule has 0 fully saturated rings. The van der Waals surface area contributed by atoms with E-state index in [2.05, 4.69) is 10.5 Å². The zero-order valence-corrected chi connectivity index (χ0v) is 17.1. The van der Waals surface area contributed by atoms with Gasteiger partial charge in [0.25, 0.3) is 0 Å². The fraction of sp³-hybridized carbons (Fsp3) is 0.381. The van der Waals surface area contributed by atoms with Crippen LogP contribution < -0.4 is 5.32 Å². The highest BCUT2D eigenvalue weighted by atomic mass is 35.5. The summed E-state index contributed by atoms with van der Waals surface area (Å²) in [6.07, 6.45) is -4.27. The van der Waals surface area contributed by atoms with Crippen LogP contribution in [0.15, 0.2) is 41.6 Å². The van der Waals surface area contributed by atoms with Crippen LogP contribution in [0.4, 0.5) is 18.9 Å². The summed E-state index contributed by atoms with van der Waals surface area (Å²) in [5.41, 5.74) is 4.14. The number of fused-ring (bicyclic) bond motifs is 1. The number of nitroso groups, excluding NO2 is 1. The van der Waals surface area contributed by atoms with E-state index in [0.29, 0.717) is 23.7 Å². The van der Waals surface area contributed by atoms with Crippen LogP contribution in [0.2, 0.25) is 5.02 Å². The van der Waals surface area contributed by atoms with Gasteiger partial charge in [-0.2, -0.15) is 18.1 Å². The Balaban J connectivity index is 1.75. The third kappa shape index (κ3) is 4.92. The van der Waals surface area contributed by atoms with E-state index in [1.165, 1.54) is 0 Å². The highest BCUT2D eigenvalue weighted by Crippen LogP contribution is 2.33. The maximum Gasteiger partial charge on any atom is 0.471 e. The molecule has 3 rings (SSSR count). The molecule has 9 heteroatoms. The van der Waals surface area contributed by atoms with Gasteiger partial charge in [0.1, 0.15) is 6.04 Å². The van der Waals surface area contributed by atoms with E-state index in [4.69, 9.17) is 11.6 Å². The number of hydrogen-bond acceptors (Lipinski definition) is 4. The molecule has 1 N–H and O–H groups in total. The number of halogens is 4. The lowest BCUT2D eigenvalue weighted by Crippen LogP contribution is -2.42. The number of anilines is 1. The third-order valence-corrected chi connectivity index (χ3v) is 5.58. The molecule has 0 aromatic heterocycles. The average Bonchev–Trinajstić information content (AvgIpc) is 2.94. The molecule has 0 radical (unpaired) electrons. The number of alkyl halides is 3. The van der Waals surface area contributed by atoms with E-state index < -0.39 is 18.1 Å². The van der Waals surface area contributed by atoms with Crippen LogP contribution in [0.1, 0.15) is 35.2 Å². The molecule has 0 spiro atoms. The molecule has 1 amide bonds. The average molecular weight is 440 g/mol. The summed E-state index contributed by atoms with van der Waals surface area (Å²) in [5, 5.41) is 6.75. The van der Waals surface area contributed by atoms with E-state index in [0.717, 1.165) is 27.2 Å². The minimum atomic E-state index is -4.88. The summed E-state index contributed by atoms with van der Waals surface area (Å²) in [6.45, 7) is 2.15. The first-order valence-electron chi connectivity index (χ1n) is 9.52. The summed E-state index contributed by atoms with van der Waals surface area (Å²) >= 11 is 6.37. The van der Waals surface area contributed by atoms with Crippen LogP contribution in [-0.2, 0) is 24.2 Å². The molecule has 1 heterocycles. The number of amides is 1. The number of carbonyl (C=O) groups excluding carboxylic acids is 1. The van der Waals surface area contributed by atoms with Gasteiger partial charge in [-0.15, -0.1) is 0 Å². The van der Waals surface area contributed by atoms with Crippen molar-refractivity contribution in [2.75, 3.05) is 18.4 Å². The van der Waals surface area contributed by atoms with Gasteiger partial charge in [-0.25, -0.2) is 0 Å². The molecular formula is C21H21ClF3N3O2. The van der Waals surface area contributed by atoms with Crippen molar-refractivity contribution in [1.29, 1.82) is 0 Å². The predicted molar refractivity (Wildman–Crippen MR) is 109 cm³/mol. The van der Waals surface area contributed by atoms with Gasteiger partial charge in [0.15, 0.2) is 0 Å². The Morgan fingerprint density at radius 1 is 1.17 bits per heavy atom. The van der Waals surface area contributed by atoms with Crippen molar-refractivity contribution in [3.05, 3.63) is 68.6 Å². The Bertz CT molecular complexity index is 932. The molecule has 2 aromatic carbocycles. The van der Waals surface area contributed by atoms with E-state index in [9.17, 15) is 22.9 Å². The van der Waals surface area contributed by atoms with Crippen molar-refractivity contribution >= 4 is 23.2 Å². The fourth-order valence-electron chi connectivity index (χ4n) is 3.53. The molecule has 1 aliphatic rings. The lowest BCUT2D eigenvalue weighted by molar-refractivity contribution is -0.185. The van der Waals surface area contributed by atoms with Crippen LogP contribution >= 0.6 is 11.6 Å². The van der Waals surface area contributed by atoms with Crippen molar-refractivity contribution in [2.45, 2.75) is 38.5 Å². The number of hydrogen-bond donors (Lipinski definition) is 1. The molecular weight excluding hydrogens is 419 g/mol.